The van der Waals surface area contributed by atoms with Crippen molar-refractivity contribution < 1.29 is 19.8 Å². The summed E-state index contributed by atoms with van der Waals surface area (Å²) in [6, 6.07) is 3.06. The molecule has 5 nitrogen and oxygen atoms in total. The minimum Gasteiger partial charge on any atom is -0.504 e. The Balaban J connectivity index is 1.81. The highest BCUT2D eigenvalue weighted by Gasteiger charge is 2.40. The second kappa shape index (κ2) is 6.75. The number of nitrogens with zero attached hydrogens (tertiary/aromatic N) is 1. The van der Waals surface area contributed by atoms with Crippen molar-refractivity contribution in [2.75, 3.05) is 6.54 Å². The van der Waals surface area contributed by atoms with E-state index in [1.54, 1.807) is 19.1 Å². The van der Waals surface area contributed by atoms with Gasteiger partial charge in [0, 0.05) is 6.54 Å². The number of carbonyl (C=O) groups excluding carboxylic acids is 2. The SMILES string of the molecule is Cc1cc(/C=C2\SC(=O)N(CC3(C)CCCCC3)C2=O)cc(O)c1O. The van der Waals surface area contributed by atoms with E-state index in [0.29, 0.717) is 22.6 Å². The lowest BCUT2D eigenvalue weighted by molar-refractivity contribution is -0.124. The van der Waals surface area contributed by atoms with E-state index in [1.165, 1.54) is 17.4 Å². The fourth-order valence-corrected chi connectivity index (χ4v) is 4.44. The van der Waals surface area contributed by atoms with Gasteiger partial charge in [-0.25, -0.2) is 0 Å². The van der Waals surface area contributed by atoms with Gasteiger partial charge in [-0.1, -0.05) is 26.2 Å². The Bertz CT molecular complexity index is 727. The van der Waals surface area contributed by atoms with Gasteiger partial charge in [-0.2, -0.15) is 0 Å². The number of hydrogen-bond donors (Lipinski definition) is 2. The van der Waals surface area contributed by atoms with Crippen LogP contribution in [0.2, 0.25) is 0 Å². The molecule has 3 rings (SSSR count). The van der Waals surface area contributed by atoms with Crippen LogP contribution in [0.3, 0.4) is 0 Å². The third kappa shape index (κ3) is 3.68. The van der Waals surface area contributed by atoms with E-state index in [4.69, 9.17) is 0 Å². The summed E-state index contributed by atoms with van der Waals surface area (Å²) < 4.78 is 0. The Kier molecular flexibility index (Phi) is 4.82. The van der Waals surface area contributed by atoms with E-state index >= 15 is 0 Å². The van der Waals surface area contributed by atoms with E-state index in [-0.39, 0.29) is 28.1 Å². The summed E-state index contributed by atoms with van der Waals surface area (Å²) in [6.45, 7) is 4.29. The Labute approximate surface area is 151 Å². The van der Waals surface area contributed by atoms with Crippen molar-refractivity contribution in [2.24, 2.45) is 5.41 Å². The molecule has 1 aromatic carbocycles. The number of thioether (sulfide) groups is 1. The van der Waals surface area contributed by atoms with Crippen molar-refractivity contribution in [1.82, 2.24) is 4.90 Å². The number of imide groups is 1. The molecule has 1 aliphatic carbocycles. The Hall–Kier alpha value is -1.95. The molecule has 2 amide bonds. The van der Waals surface area contributed by atoms with Crippen molar-refractivity contribution in [3.05, 3.63) is 28.2 Å². The second-order valence-electron chi connectivity index (χ2n) is 7.34. The Morgan fingerprint density at radius 2 is 1.88 bits per heavy atom. The summed E-state index contributed by atoms with van der Waals surface area (Å²) in [6.07, 6.45) is 7.20. The number of amides is 2. The molecule has 0 atom stereocenters. The van der Waals surface area contributed by atoms with Crippen LogP contribution in [-0.2, 0) is 4.79 Å². The lowest BCUT2D eigenvalue weighted by Gasteiger charge is -2.35. The first-order valence-corrected chi connectivity index (χ1v) is 9.39. The smallest absolute Gasteiger partial charge is 0.293 e. The van der Waals surface area contributed by atoms with Crippen LogP contribution in [0.5, 0.6) is 11.5 Å². The molecule has 25 heavy (non-hydrogen) atoms. The van der Waals surface area contributed by atoms with Crippen LogP contribution in [0.1, 0.15) is 50.2 Å². The van der Waals surface area contributed by atoms with Gasteiger partial charge < -0.3 is 10.2 Å². The van der Waals surface area contributed by atoms with Crippen molar-refractivity contribution in [3.8, 4) is 11.5 Å². The molecule has 1 aliphatic heterocycles. The number of rotatable bonds is 3. The van der Waals surface area contributed by atoms with Gasteiger partial charge in [-0.15, -0.1) is 0 Å². The third-order valence-corrected chi connectivity index (χ3v) is 5.98. The van der Waals surface area contributed by atoms with Crippen LogP contribution < -0.4 is 0 Å². The number of hydrogen-bond acceptors (Lipinski definition) is 5. The van der Waals surface area contributed by atoms with Gasteiger partial charge >= 0.3 is 0 Å². The molecule has 134 valence electrons. The van der Waals surface area contributed by atoms with Gasteiger partial charge in [0.25, 0.3) is 11.1 Å². The van der Waals surface area contributed by atoms with Crippen molar-refractivity contribution in [3.63, 3.8) is 0 Å². The lowest BCUT2D eigenvalue weighted by Crippen LogP contribution is -2.39. The number of carbonyl (C=O) groups is 2. The van der Waals surface area contributed by atoms with Gasteiger partial charge in [-0.05, 0) is 66.3 Å². The molecule has 1 saturated carbocycles. The zero-order chi connectivity index (χ0) is 18.2. The summed E-state index contributed by atoms with van der Waals surface area (Å²) in [4.78, 5) is 26.7. The van der Waals surface area contributed by atoms with Gasteiger partial charge in [0.05, 0.1) is 4.91 Å². The topological polar surface area (TPSA) is 77.8 Å². The monoisotopic (exact) mass is 361 g/mol. The first-order valence-electron chi connectivity index (χ1n) is 8.57. The van der Waals surface area contributed by atoms with E-state index in [1.807, 2.05) is 0 Å². The van der Waals surface area contributed by atoms with Gasteiger partial charge in [0.15, 0.2) is 11.5 Å². The molecule has 0 bridgehead atoms. The largest absolute Gasteiger partial charge is 0.504 e. The summed E-state index contributed by atoms with van der Waals surface area (Å²) in [7, 11) is 0. The van der Waals surface area contributed by atoms with E-state index in [2.05, 4.69) is 6.92 Å². The molecule has 0 radical (unpaired) electrons. The molecular formula is C19H23NO4S. The third-order valence-electron chi connectivity index (χ3n) is 5.07. The van der Waals surface area contributed by atoms with Crippen LogP contribution in [0.25, 0.3) is 6.08 Å². The zero-order valence-electron chi connectivity index (χ0n) is 14.5. The quantitative estimate of drug-likeness (QED) is 0.616. The zero-order valence-corrected chi connectivity index (χ0v) is 15.4. The summed E-state index contributed by atoms with van der Waals surface area (Å²) >= 11 is 0.934. The molecule has 0 spiro atoms. The number of phenolic OH excluding ortho intramolecular Hbond substituents is 2. The van der Waals surface area contributed by atoms with Crippen molar-refractivity contribution in [1.29, 1.82) is 0 Å². The normalized spacial score (nSPS) is 22.0. The average molecular weight is 361 g/mol. The number of benzene rings is 1. The predicted octanol–water partition coefficient (Wildman–Crippen LogP) is 4.41. The molecule has 1 aromatic rings. The summed E-state index contributed by atoms with van der Waals surface area (Å²) in [5, 5.41) is 19.1. The molecule has 1 saturated heterocycles. The van der Waals surface area contributed by atoms with Crippen LogP contribution in [-0.4, -0.2) is 32.8 Å². The molecule has 2 aliphatic rings. The highest BCUT2D eigenvalue weighted by Crippen LogP contribution is 2.41. The second-order valence-corrected chi connectivity index (χ2v) is 8.34. The number of phenols is 2. The number of aryl methyl sites for hydroxylation is 1. The van der Waals surface area contributed by atoms with E-state index in [9.17, 15) is 19.8 Å². The maximum atomic E-state index is 12.7. The molecule has 2 fully saturated rings. The Morgan fingerprint density at radius 3 is 2.52 bits per heavy atom. The fourth-order valence-electron chi connectivity index (χ4n) is 3.60. The minimum absolute atomic E-state index is 0.00692. The predicted molar refractivity (Wildman–Crippen MR) is 98.4 cm³/mol. The molecular weight excluding hydrogens is 338 g/mol. The molecule has 1 heterocycles. The van der Waals surface area contributed by atoms with E-state index in [0.717, 1.165) is 37.4 Å². The average Bonchev–Trinajstić information content (AvgIpc) is 2.80. The van der Waals surface area contributed by atoms with Gasteiger partial charge in [0.2, 0.25) is 0 Å². The van der Waals surface area contributed by atoms with E-state index < -0.39 is 0 Å². The summed E-state index contributed by atoms with van der Waals surface area (Å²) in [5.41, 5.74) is 1.11. The maximum absolute atomic E-state index is 12.7. The van der Waals surface area contributed by atoms with Crippen LogP contribution >= 0.6 is 11.8 Å². The summed E-state index contributed by atoms with van der Waals surface area (Å²) in [5.74, 6) is -0.678. The molecule has 2 N–H and O–H groups in total. The standard InChI is InChI=1S/C19H23NO4S/c1-12-8-13(9-14(21)16(12)22)10-15-17(23)20(18(24)25-15)11-19(2)6-4-3-5-7-19/h8-10,21-22H,3-7,11H2,1-2H3/b15-10-. The van der Waals surface area contributed by atoms with Gasteiger partial charge in [0.1, 0.15) is 0 Å². The first-order chi connectivity index (χ1) is 11.8. The first kappa shape index (κ1) is 17.9. The molecule has 0 unspecified atom stereocenters. The molecule has 0 aromatic heterocycles. The maximum Gasteiger partial charge on any atom is 0.293 e. The van der Waals surface area contributed by atoms with Crippen LogP contribution in [0.4, 0.5) is 4.79 Å². The van der Waals surface area contributed by atoms with Crippen LogP contribution in [0.15, 0.2) is 17.0 Å². The fraction of sp³-hybridized carbons (Fsp3) is 0.474. The number of aromatic hydroxyl groups is 2. The van der Waals surface area contributed by atoms with Gasteiger partial charge in [-0.3, -0.25) is 14.5 Å². The van der Waals surface area contributed by atoms with Crippen LogP contribution in [0, 0.1) is 12.3 Å². The van der Waals surface area contributed by atoms with Crippen molar-refractivity contribution >= 4 is 29.0 Å². The minimum atomic E-state index is -0.271. The Morgan fingerprint density at radius 1 is 1.20 bits per heavy atom. The highest BCUT2D eigenvalue weighted by molar-refractivity contribution is 8.18. The van der Waals surface area contributed by atoms with Crippen molar-refractivity contribution in [2.45, 2.75) is 46.0 Å². The lowest BCUT2D eigenvalue weighted by atomic mass is 9.75. The molecule has 6 heteroatoms. The highest BCUT2D eigenvalue weighted by atomic mass is 32.2.